The first-order valence-electron chi connectivity index (χ1n) is 6.32. The molecule has 0 amide bonds. The largest absolute Gasteiger partial charge is 0.481 e. The van der Waals surface area contributed by atoms with Gasteiger partial charge in [-0.1, -0.05) is 13.8 Å². The zero-order chi connectivity index (χ0) is 15.6. The number of aryl methyl sites for hydroxylation is 1. The number of H-pyrrole nitrogens is 1. The van der Waals surface area contributed by atoms with Gasteiger partial charge in [-0.25, -0.2) is 9.97 Å². The van der Waals surface area contributed by atoms with Crippen molar-refractivity contribution in [1.29, 1.82) is 0 Å². The molecule has 0 bridgehead atoms. The van der Waals surface area contributed by atoms with Crippen LogP contribution in [0.15, 0.2) is 20.2 Å². The average Bonchev–Trinajstić information content (AvgIpc) is 2.67. The minimum Gasteiger partial charge on any atom is -0.481 e. The van der Waals surface area contributed by atoms with E-state index in [1.54, 1.807) is 6.92 Å². The molecule has 0 saturated heterocycles. The second-order valence-corrected chi connectivity index (χ2v) is 7.14. The van der Waals surface area contributed by atoms with E-state index in [2.05, 4.69) is 15.0 Å². The van der Waals surface area contributed by atoms with Gasteiger partial charge in [0.25, 0.3) is 5.56 Å². The summed E-state index contributed by atoms with van der Waals surface area (Å²) in [5.41, 5.74) is 0.508. The maximum absolute atomic E-state index is 11.6. The van der Waals surface area contributed by atoms with Crippen LogP contribution in [0.25, 0.3) is 0 Å². The fourth-order valence-corrected chi connectivity index (χ4v) is 3.79. The van der Waals surface area contributed by atoms with Crippen LogP contribution in [-0.2, 0) is 11.2 Å². The lowest BCUT2D eigenvalue weighted by Crippen LogP contribution is -2.11. The van der Waals surface area contributed by atoms with Gasteiger partial charge in [-0.2, -0.15) is 0 Å². The van der Waals surface area contributed by atoms with Gasteiger partial charge in [-0.3, -0.25) is 9.59 Å². The Morgan fingerprint density at radius 3 is 2.81 bits per heavy atom. The third-order valence-corrected chi connectivity index (χ3v) is 4.80. The van der Waals surface area contributed by atoms with Gasteiger partial charge >= 0.3 is 5.97 Å². The van der Waals surface area contributed by atoms with Crippen LogP contribution in [0.1, 0.15) is 36.2 Å². The number of rotatable bonds is 5. The van der Waals surface area contributed by atoms with Crippen molar-refractivity contribution in [1.82, 2.24) is 15.0 Å². The molecule has 0 unspecified atom stereocenters. The lowest BCUT2D eigenvalue weighted by molar-refractivity contribution is -0.136. The fraction of sp³-hybridized carbons (Fsp3) is 0.385. The summed E-state index contributed by atoms with van der Waals surface area (Å²) >= 11 is 2.60. The van der Waals surface area contributed by atoms with Gasteiger partial charge in [-0.15, -0.1) is 11.3 Å². The quantitative estimate of drug-likeness (QED) is 0.820. The van der Waals surface area contributed by atoms with E-state index < -0.39 is 5.97 Å². The Morgan fingerprint density at radius 1 is 1.48 bits per heavy atom. The topological polar surface area (TPSA) is 95.9 Å². The van der Waals surface area contributed by atoms with Crippen LogP contribution in [0.4, 0.5) is 0 Å². The van der Waals surface area contributed by atoms with Crippen LogP contribution in [0.3, 0.4) is 0 Å². The van der Waals surface area contributed by atoms with Crippen molar-refractivity contribution in [2.24, 2.45) is 0 Å². The van der Waals surface area contributed by atoms with Gasteiger partial charge in [0.2, 0.25) is 0 Å². The summed E-state index contributed by atoms with van der Waals surface area (Å²) in [4.78, 5) is 34.5. The molecule has 0 aliphatic rings. The fourth-order valence-electron chi connectivity index (χ4n) is 1.61. The van der Waals surface area contributed by atoms with Crippen LogP contribution in [0.2, 0.25) is 0 Å². The zero-order valence-corrected chi connectivity index (χ0v) is 13.5. The van der Waals surface area contributed by atoms with E-state index in [0.717, 1.165) is 4.88 Å². The molecule has 8 heteroatoms. The number of carboxylic acid groups (broad SMARTS) is 1. The summed E-state index contributed by atoms with van der Waals surface area (Å²) in [5, 5.41) is 9.41. The number of carbonyl (C=O) groups is 1. The molecule has 112 valence electrons. The van der Waals surface area contributed by atoms with Crippen molar-refractivity contribution in [3.8, 4) is 0 Å². The summed E-state index contributed by atoms with van der Waals surface area (Å²) in [5.74, 6) is -0.127. The normalized spacial score (nSPS) is 11.0. The van der Waals surface area contributed by atoms with Crippen LogP contribution in [-0.4, -0.2) is 26.0 Å². The molecule has 21 heavy (non-hydrogen) atoms. The Bertz CT molecular complexity index is 722. The lowest BCUT2D eigenvalue weighted by atomic mass is 10.2. The zero-order valence-electron chi connectivity index (χ0n) is 11.8. The Morgan fingerprint density at radius 2 is 2.19 bits per heavy atom. The molecular weight excluding hydrogens is 310 g/mol. The highest BCUT2D eigenvalue weighted by Gasteiger charge is 2.13. The second-order valence-electron chi connectivity index (χ2n) is 4.78. The van der Waals surface area contributed by atoms with Gasteiger partial charge in [0.05, 0.1) is 12.1 Å². The van der Waals surface area contributed by atoms with Crippen LogP contribution < -0.4 is 5.56 Å². The highest BCUT2D eigenvalue weighted by Crippen LogP contribution is 2.32. The molecule has 0 aliphatic carbocycles. The number of carboxylic acids is 1. The molecule has 2 aromatic rings. The van der Waals surface area contributed by atoms with E-state index in [9.17, 15) is 9.59 Å². The number of aromatic nitrogens is 3. The molecule has 2 heterocycles. The van der Waals surface area contributed by atoms with E-state index >= 15 is 0 Å². The van der Waals surface area contributed by atoms with E-state index in [1.165, 1.54) is 29.2 Å². The predicted octanol–water partition coefficient (Wildman–Crippen LogP) is 2.44. The summed E-state index contributed by atoms with van der Waals surface area (Å²) in [6.07, 6.45) is -0.0376. The second kappa shape index (κ2) is 6.40. The van der Waals surface area contributed by atoms with Crippen molar-refractivity contribution in [3.05, 3.63) is 32.8 Å². The van der Waals surface area contributed by atoms with E-state index in [-0.39, 0.29) is 17.9 Å². The third-order valence-electron chi connectivity index (χ3n) is 2.66. The number of thiazole rings is 1. The number of nitrogens with one attached hydrogen (secondary N) is 1. The molecule has 0 saturated carbocycles. The van der Waals surface area contributed by atoms with Crippen molar-refractivity contribution in [2.75, 3.05) is 0 Å². The molecule has 0 aliphatic heterocycles. The van der Waals surface area contributed by atoms with E-state index in [0.29, 0.717) is 20.9 Å². The van der Waals surface area contributed by atoms with Crippen LogP contribution >= 0.6 is 23.1 Å². The summed E-state index contributed by atoms with van der Waals surface area (Å²) in [6, 6.07) is 1.42. The maximum Gasteiger partial charge on any atom is 0.308 e. The summed E-state index contributed by atoms with van der Waals surface area (Å²) in [7, 11) is 0. The van der Waals surface area contributed by atoms with Crippen LogP contribution in [0, 0.1) is 6.92 Å². The average molecular weight is 325 g/mol. The van der Waals surface area contributed by atoms with Gasteiger partial charge in [0, 0.05) is 16.9 Å². The number of hydrogen-bond donors (Lipinski definition) is 2. The number of aliphatic carboxylic acids is 1. The monoisotopic (exact) mass is 325 g/mol. The smallest absolute Gasteiger partial charge is 0.308 e. The Balaban J connectivity index is 2.26. The van der Waals surface area contributed by atoms with Crippen LogP contribution in [0.5, 0.6) is 0 Å². The van der Waals surface area contributed by atoms with E-state index in [4.69, 9.17) is 5.11 Å². The van der Waals surface area contributed by atoms with Gasteiger partial charge in [0.1, 0.15) is 10.9 Å². The molecule has 0 spiro atoms. The molecule has 2 rings (SSSR count). The van der Waals surface area contributed by atoms with Crippen molar-refractivity contribution >= 4 is 29.1 Å². The standard InChI is InChI=1S/C13H15N3O3S2/c1-6(2)12-15-9(17)5-10(16-12)21-13-14-7(3)8(20-13)4-11(18)19/h5-6H,4H2,1-3H3,(H,18,19)(H,15,16,17). The maximum atomic E-state index is 11.6. The van der Waals surface area contributed by atoms with Gasteiger partial charge < -0.3 is 10.1 Å². The molecule has 2 aromatic heterocycles. The number of nitrogens with zero attached hydrogens (tertiary/aromatic N) is 2. The van der Waals surface area contributed by atoms with Gasteiger partial charge in [-0.05, 0) is 18.7 Å². The highest BCUT2D eigenvalue weighted by atomic mass is 32.2. The highest BCUT2D eigenvalue weighted by molar-refractivity contribution is 8.01. The summed E-state index contributed by atoms with van der Waals surface area (Å²) < 4.78 is 0.691. The molecule has 6 nitrogen and oxygen atoms in total. The minimum atomic E-state index is -0.880. The predicted molar refractivity (Wildman–Crippen MR) is 81.3 cm³/mol. The minimum absolute atomic E-state index is 0.0376. The molecule has 0 atom stereocenters. The molecule has 0 fully saturated rings. The molecule has 0 aromatic carbocycles. The van der Waals surface area contributed by atoms with Crippen molar-refractivity contribution in [2.45, 2.75) is 42.5 Å². The first-order chi connectivity index (χ1) is 9.85. The first kappa shape index (κ1) is 15.7. The molecule has 2 N–H and O–H groups in total. The number of aromatic amines is 1. The van der Waals surface area contributed by atoms with Crippen molar-refractivity contribution in [3.63, 3.8) is 0 Å². The number of hydrogen-bond acceptors (Lipinski definition) is 6. The van der Waals surface area contributed by atoms with Gasteiger partial charge in [0.15, 0.2) is 4.34 Å². The van der Waals surface area contributed by atoms with Crippen molar-refractivity contribution < 1.29 is 9.90 Å². The molecule has 0 radical (unpaired) electrons. The third kappa shape index (κ3) is 4.15. The Labute approximate surface area is 129 Å². The van der Waals surface area contributed by atoms with E-state index in [1.807, 2.05) is 13.8 Å². The summed E-state index contributed by atoms with van der Waals surface area (Å²) in [6.45, 7) is 5.68. The Kier molecular flexibility index (Phi) is 4.79. The Hall–Kier alpha value is -1.67. The lowest BCUT2D eigenvalue weighted by Gasteiger charge is -2.05. The SMILES string of the molecule is Cc1nc(Sc2cc(=O)[nH]c(C(C)C)n2)sc1CC(=O)O. The first-order valence-corrected chi connectivity index (χ1v) is 7.95. The molecular formula is C13H15N3O3S2.